The van der Waals surface area contributed by atoms with Crippen molar-refractivity contribution >= 4 is 199 Å². The summed E-state index contributed by atoms with van der Waals surface area (Å²) in [5.74, 6) is 4.21. The van der Waals surface area contributed by atoms with E-state index >= 15 is 0 Å². The Labute approximate surface area is 864 Å². The molecule has 0 amide bonds. The number of para-hydroxylation sites is 5. The van der Waals surface area contributed by atoms with Crippen molar-refractivity contribution in [2.24, 2.45) is 19.1 Å². The number of carbonyl (C=O) groups is 1. The van der Waals surface area contributed by atoms with Crippen molar-refractivity contribution in [3.8, 4) is 34.2 Å². The van der Waals surface area contributed by atoms with E-state index in [1.807, 2.05) is 200 Å². The number of pyridine rings is 1. The van der Waals surface area contributed by atoms with Crippen molar-refractivity contribution in [2.75, 3.05) is 80.6 Å². The summed E-state index contributed by atoms with van der Waals surface area (Å²) in [7, 11) is 7.60. The van der Waals surface area contributed by atoms with Gasteiger partial charge in [0.1, 0.15) is 46.0 Å². The molecule has 0 aliphatic carbocycles. The smallest absolute Gasteiger partial charge is 0.342 e. The summed E-state index contributed by atoms with van der Waals surface area (Å²) >= 11 is 10.1. The number of aliphatic imine (C=N–C) groups is 1. The lowest BCUT2D eigenvalue weighted by molar-refractivity contribution is 0.0526. The van der Waals surface area contributed by atoms with E-state index in [4.69, 9.17) is 32.8 Å². The van der Waals surface area contributed by atoms with E-state index in [2.05, 4.69) is 166 Å². The highest BCUT2D eigenvalue weighted by Crippen LogP contribution is 2.43. The SMILES string of the molecule is C=C.CCCCNc1c(C(=O)OCC)c(C)nc2c1cnn2CC.CCCn1c(=O)n(C)c(=O)c2[nH]c(-c3ccc(S(=O)(=O)N(C)CCN(C)C)cc3)nc21.Cn1cnc2c(N)ncnc21.Nc1nc2cc(Cl)ccc2n2c(-c3ccccc3)nnc12.O=c1[nH]c2c(c(=O)[nH]1)Nc1ccccc1N2.O=c1[nH]cnc2c1c1ccccc1n2-c1ccccc1.Oc1cccc(C2CSC3=Nc4ccccc4CN32)c1.PPI. The Balaban J connectivity index is 0.000000135. The van der Waals surface area contributed by atoms with Gasteiger partial charge in [0, 0.05) is 93.4 Å². The Morgan fingerprint density at radius 1 is 0.719 bits per heavy atom. The number of thioether (sulfide) groups is 1. The first kappa shape index (κ1) is 107. The van der Waals surface area contributed by atoms with Crippen LogP contribution < -0.4 is 55.5 Å². The summed E-state index contributed by atoms with van der Waals surface area (Å²) in [5.41, 5.74) is 26.1. The number of amidine groups is 1. The maximum atomic E-state index is 12.8. The van der Waals surface area contributed by atoms with E-state index in [0.717, 1.165) is 132 Å². The molecule has 8 aromatic carbocycles. The number of ether oxygens (including phenoxy) is 1. The highest BCUT2D eigenvalue weighted by molar-refractivity contribution is 14.2. The first-order chi connectivity index (χ1) is 70.6. The van der Waals surface area contributed by atoms with Crippen LogP contribution in [0.4, 0.5) is 45.9 Å². The molecule has 3 unspecified atom stereocenters. The van der Waals surface area contributed by atoms with Gasteiger partial charge in [-0.3, -0.25) is 42.5 Å². The van der Waals surface area contributed by atoms with Crippen molar-refractivity contribution < 1.29 is 23.1 Å². The number of hydrogen-bond donors (Lipinski definition) is 10. The molecule has 146 heavy (non-hydrogen) atoms. The van der Waals surface area contributed by atoms with Crippen molar-refractivity contribution in [2.45, 2.75) is 84.5 Å². The molecule has 754 valence electrons. The number of nitrogens with one attached hydrogen (secondary N) is 7. The summed E-state index contributed by atoms with van der Waals surface area (Å²) in [6, 6.07) is 63.0. The summed E-state index contributed by atoms with van der Waals surface area (Å²) < 4.78 is 42.1. The number of fused-ring (bicyclic) bond motifs is 13. The highest BCUT2D eigenvalue weighted by atomic mass is 127. The first-order valence-corrected chi connectivity index (χ1v) is 54.9. The first-order valence-electron chi connectivity index (χ1n) is 46.2. The van der Waals surface area contributed by atoms with Gasteiger partial charge in [-0.25, -0.2) is 67.4 Å². The average Bonchev–Trinajstić information content (AvgIpc) is 1.58. The number of esters is 1. The number of aromatic hydroxyl groups is 1. The average molecular weight is 2180 g/mol. The van der Waals surface area contributed by atoms with Crippen LogP contribution in [0.2, 0.25) is 5.02 Å². The molecule has 12 N–H and O–H groups in total. The fourth-order valence-corrected chi connectivity index (χ4v) is 18.7. The fraction of sp³-hybridized carbons (Fsp3) is 0.218. The number of halogens is 2. The number of hydrogen-bond acceptors (Lipinski definition) is 29. The number of phenolic OH excluding ortho intramolecular Hbond substituents is 1. The van der Waals surface area contributed by atoms with Crippen LogP contribution in [0, 0.1) is 6.92 Å². The minimum atomic E-state index is -3.61. The summed E-state index contributed by atoms with van der Waals surface area (Å²) in [5, 5.41) is 35.9. The zero-order valence-corrected chi connectivity index (χ0v) is 88.2. The number of aromatic amines is 4. The number of benzene rings is 8. The molecule has 39 nitrogen and oxygen atoms in total. The molecule has 1 fully saturated rings. The minimum Gasteiger partial charge on any atom is -0.508 e. The van der Waals surface area contributed by atoms with Gasteiger partial charge in [-0.15, -0.1) is 32.3 Å². The number of sulfonamides is 1. The molecule has 19 aromatic rings. The molecular formula is C101H109ClIN29O10P2S2. The number of nitrogens with zero attached hydrogens (tertiary/aromatic N) is 20. The van der Waals surface area contributed by atoms with Gasteiger partial charge in [0.05, 0.1) is 92.2 Å². The highest BCUT2D eigenvalue weighted by Gasteiger charge is 2.35. The van der Waals surface area contributed by atoms with E-state index in [1.54, 1.807) is 67.1 Å². The number of nitrogen functional groups attached to an aromatic ring is 2. The van der Waals surface area contributed by atoms with E-state index in [0.29, 0.717) is 129 Å². The number of nitrogens with two attached hydrogens (primary N) is 2. The molecule has 14 heterocycles. The number of anilines is 7. The molecule has 1 saturated heterocycles. The Bertz CT molecular complexity index is 8390. The monoisotopic (exact) mass is 2180 g/mol. The predicted molar refractivity (Wildman–Crippen MR) is 596 cm³/mol. The van der Waals surface area contributed by atoms with E-state index in [-0.39, 0.29) is 21.9 Å². The number of phenols is 1. The van der Waals surface area contributed by atoms with Gasteiger partial charge in [-0.1, -0.05) is 175 Å². The molecule has 0 saturated carbocycles. The molecule has 0 bridgehead atoms. The van der Waals surface area contributed by atoms with Gasteiger partial charge in [-0.2, -0.15) is 9.40 Å². The molecule has 11 aromatic heterocycles. The van der Waals surface area contributed by atoms with Gasteiger partial charge in [0.2, 0.25) is 15.7 Å². The maximum Gasteiger partial charge on any atom is 0.342 e. The zero-order valence-electron chi connectivity index (χ0n) is 81.5. The topological polar surface area (TPSA) is 497 Å². The molecule has 3 atom stereocenters. The summed E-state index contributed by atoms with van der Waals surface area (Å²) in [4.78, 5) is 121. The third-order valence-corrected chi connectivity index (χ3v) is 26.4. The van der Waals surface area contributed by atoms with Crippen LogP contribution in [0.1, 0.15) is 80.2 Å². The van der Waals surface area contributed by atoms with Crippen LogP contribution in [0.5, 0.6) is 5.75 Å². The zero-order chi connectivity index (χ0) is 104. The van der Waals surface area contributed by atoms with Gasteiger partial charge in [-0.05, 0) is 156 Å². The number of unbranched alkanes of at least 4 members (excludes halogenated alkanes) is 1. The third kappa shape index (κ3) is 23.9. The van der Waals surface area contributed by atoms with Crippen LogP contribution in [-0.2, 0) is 48.5 Å². The summed E-state index contributed by atoms with van der Waals surface area (Å²) in [6.07, 6.45) is 9.14. The molecule has 0 radical (unpaired) electrons. The van der Waals surface area contributed by atoms with Crippen molar-refractivity contribution in [1.82, 2.24) is 112 Å². The number of rotatable bonds is 18. The van der Waals surface area contributed by atoms with Crippen LogP contribution in [0.15, 0.2) is 272 Å². The van der Waals surface area contributed by atoms with E-state index in [1.165, 1.54) is 46.3 Å². The molecule has 3 aliphatic rings. The third-order valence-electron chi connectivity index (χ3n) is 23.2. The van der Waals surface area contributed by atoms with Crippen LogP contribution in [-0.4, -0.2) is 189 Å². The second-order valence-electron chi connectivity index (χ2n) is 33.1. The van der Waals surface area contributed by atoms with Crippen molar-refractivity contribution in [1.29, 1.82) is 0 Å². The Kier molecular flexibility index (Phi) is 35.7. The fourth-order valence-electron chi connectivity index (χ4n) is 16.1. The van der Waals surface area contributed by atoms with Crippen LogP contribution in [0.3, 0.4) is 0 Å². The lowest BCUT2D eigenvalue weighted by Crippen LogP contribution is -2.38. The molecule has 0 spiro atoms. The normalized spacial score (nSPS) is 12.6. The molecule has 3 aliphatic heterocycles. The van der Waals surface area contributed by atoms with Gasteiger partial charge in [0.25, 0.3) is 16.7 Å². The largest absolute Gasteiger partial charge is 0.508 e. The van der Waals surface area contributed by atoms with Crippen molar-refractivity contribution in [3.63, 3.8) is 0 Å². The summed E-state index contributed by atoms with van der Waals surface area (Å²) in [6.45, 7) is 19.9. The number of aromatic nitrogens is 20. The molecule has 22 rings (SSSR count). The quantitative estimate of drug-likeness (QED) is 0.0125. The lowest BCUT2D eigenvalue weighted by atomic mass is 10.0. The van der Waals surface area contributed by atoms with Crippen molar-refractivity contribution in [3.05, 3.63) is 318 Å². The predicted octanol–water partition coefficient (Wildman–Crippen LogP) is 17.0. The van der Waals surface area contributed by atoms with E-state index in [9.17, 15) is 42.3 Å². The molecular weight excluding hydrogens is 2070 g/mol. The standard InChI is InChI=1S/C20H28N6O4S.C16H24N4O2.C16H11N3O.C16H14N2OS.C15H10ClN5.C10H8N4O2.C6H7N5.C2H4.H3IP2/c1-6-11-26-18-16(19(27)25(5)20(26)28)21-17(22-18)14-7-9-15(10-8-14)31(29,30)24(4)13-12-23(2)3;1-5-8-9-17-14-12-10-18-20(6-2)15(12)19-11(4)13(14)16(21)22-7-3;20-16-14-12-8-4-5-9-13(12)19(15(14)17-10-18-16)11-6-2-1-3-7-11;19-13-6-3-5-11(8-13)15-10-20-16-17-14-7-2-1-4-12(14)9-18(15)16;16-10-6-7-12-11(8-10)18-13(17)15-20-19-14(21(12)15)9-4-2-1-3-5-9;15-9-7-8(13-10(16)14-9)12-6-4-2-1-3-5(6)11-7;1-11-3-10-4-5(7)8-2-9-6(4)11;1-2;1-3-2/h7-10H,6,11-13H2,1-5H3,(H,21,22);10H,5-9H2,1-4H3,(H,17,19);1-10H,(H,17,18,20);1-8,15,19H,9-10H2;1-8H,(H2,17,18);1-4,11H,(H3,12,13,14,15,16);2-3H,1H3,(H2,7,8,9);1-2H2;3H,2H2. The van der Waals surface area contributed by atoms with Gasteiger partial charge >= 0.3 is 17.3 Å². The second kappa shape index (κ2) is 48.9. The Hall–Kier alpha value is -15.2. The Morgan fingerprint density at radius 2 is 1.42 bits per heavy atom. The number of imidazole rings is 2. The lowest BCUT2D eigenvalue weighted by Gasteiger charge is -2.29. The second-order valence-corrected chi connectivity index (χ2v) is 43.0. The van der Waals surface area contributed by atoms with Gasteiger partial charge < -0.3 is 61.6 Å². The number of likely N-dealkylation sites (N-methyl/N-ethyl adjacent to an activating group) is 2. The Morgan fingerprint density at radius 3 is 2.13 bits per heavy atom. The number of H-pyrrole nitrogens is 4. The van der Waals surface area contributed by atoms with E-state index < -0.39 is 32.5 Å². The maximum absolute atomic E-state index is 12.8. The molecule has 45 heteroatoms. The van der Waals surface area contributed by atoms with Crippen LogP contribution in [0.25, 0.3) is 100 Å². The minimum absolute atomic E-state index is 0.110. The van der Waals surface area contributed by atoms with Crippen LogP contribution >= 0.6 is 60.2 Å². The van der Waals surface area contributed by atoms with Gasteiger partial charge in [0.15, 0.2) is 45.2 Å². The number of carbonyl (C=O) groups excluding carboxylic acids is 1. The number of aryl methyl sites for hydroxylation is 4.